The van der Waals surface area contributed by atoms with E-state index >= 15 is 0 Å². The Kier molecular flexibility index (Phi) is 3.38. The minimum atomic E-state index is -0.252. The number of fused-ring (bicyclic) bond motifs is 5. The molecule has 114 valence electrons. The summed E-state index contributed by atoms with van der Waals surface area (Å²) in [4.78, 5) is 38.1. The van der Waals surface area contributed by atoms with Gasteiger partial charge in [-0.25, -0.2) is 0 Å². The van der Waals surface area contributed by atoms with E-state index in [0.29, 0.717) is 5.92 Å². The zero-order valence-corrected chi connectivity index (χ0v) is 12.7. The first-order chi connectivity index (χ1) is 9.90. The number of amides is 3. The maximum absolute atomic E-state index is 12.4. The summed E-state index contributed by atoms with van der Waals surface area (Å²) in [5.41, 5.74) is 0. The third-order valence-corrected chi connectivity index (χ3v) is 5.25. The van der Waals surface area contributed by atoms with Crippen LogP contribution >= 0.6 is 0 Å². The van der Waals surface area contributed by atoms with E-state index in [9.17, 15) is 14.4 Å². The molecule has 1 saturated heterocycles. The van der Waals surface area contributed by atoms with Gasteiger partial charge >= 0.3 is 0 Å². The van der Waals surface area contributed by atoms with Gasteiger partial charge in [0.25, 0.3) is 0 Å². The minimum absolute atomic E-state index is 0.0302. The number of allylic oxidation sites excluding steroid dienone is 2. The van der Waals surface area contributed by atoms with Gasteiger partial charge in [0, 0.05) is 6.04 Å². The van der Waals surface area contributed by atoms with E-state index in [1.165, 1.54) is 4.90 Å². The number of carbonyl (C=O) groups is 3. The van der Waals surface area contributed by atoms with E-state index in [-0.39, 0.29) is 54.0 Å². The molecule has 3 aliphatic rings. The highest BCUT2D eigenvalue weighted by Crippen LogP contribution is 2.52. The van der Waals surface area contributed by atoms with Crippen molar-refractivity contribution in [2.24, 2.45) is 29.6 Å². The lowest BCUT2D eigenvalue weighted by Crippen LogP contribution is -2.45. The van der Waals surface area contributed by atoms with Crippen molar-refractivity contribution in [2.75, 3.05) is 6.54 Å². The van der Waals surface area contributed by atoms with Crippen LogP contribution in [0.4, 0.5) is 0 Å². The molecule has 1 N–H and O–H groups in total. The van der Waals surface area contributed by atoms with Crippen LogP contribution in [-0.4, -0.2) is 35.2 Å². The Labute approximate surface area is 124 Å². The number of rotatable bonds is 4. The molecule has 2 bridgehead atoms. The van der Waals surface area contributed by atoms with Gasteiger partial charge in [-0.3, -0.25) is 19.3 Å². The van der Waals surface area contributed by atoms with E-state index in [1.807, 2.05) is 20.8 Å². The second-order valence-electron chi connectivity index (χ2n) is 6.86. The fourth-order valence-corrected chi connectivity index (χ4v) is 3.73. The Morgan fingerprint density at radius 1 is 1.19 bits per heavy atom. The Morgan fingerprint density at radius 3 is 2.19 bits per heavy atom. The van der Waals surface area contributed by atoms with Crippen molar-refractivity contribution in [3.05, 3.63) is 12.2 Å². The number of hydrogen-bond donors (Lipinski definition) is 1. The van der Waals surface area contributed by atoms with Crippen molar-refractivity contribution in [1.29, 1.82) is 0 Å². The normalized spacial score (nSPS) is 34.8. The van der Waals surface area contributed by atoms with Crippen molar-refractivity contribution < 1.29 is 14.4 Å². The molecule has 1 heterocycles. The zero-order chi connectivity index (χ0) is 15.3. The molecule has 0 radical (unpaired) electrons. The lowest BCUT2D eigenvalue weighted by Gasteiger charge is -2.21. The van der Waals surface area contributed by atoms with E-state index < -0.39 is 0 Å². The predicted octanol–water partition coefficient (Wildman–Crippen LogP) is 0.954. The van der Waals surface area contributed by atoms with Crippen LogP contribution in [0, 0.1) is 29.6 Å². The smallest absolute Gasteiger partial charge is 0.240 e. The van der Waals surface area contributed by atoms with Gasteiger partial charge in [-0.05, 0) is 31.1 Å². The molecule has 0 unspecified atom stereocenters. The maximum atomic E-state index is 12.4. The molecule has 0 spiro atoms. The Morgan fingerprint density at radius 2 is 1.71 bits per heavy atom. The molecule has 0 aromatic carbocycles. The molecular weight excluding hydrogens is 268 g/mol. The second kappa shape index (κ2) is 4.97. The molecule has 3 amide bonds. The lowest BCUT2D eigenvalue weighted by atomic mass is 9.85. The highest BCUT2D eigenvalue weighted by atomic mass is 16.2. The molecule has 5 atom stereocenters. The quantitative estimate of drug-likeness (QED) is 0.619. The van der Waals surface area contributed by atoms with Gasteiger partial charge in [-0.2, -0.15) is 0 Å². The number of carbonyl (C=O) groups excluding carboxylic acids is 3. The molecule has 2 aliphatic carbocycles. The van der Waals surface area contributed by atoms with Crippen molar-refractivity contribution in [3.63, 3.8) is 0 Å². The van der Waals surface area contributed by atoms with Crippen LogP contribution in [0.25, 0.3) is 0 Å². The number of hydrogen-bond acceptors (Lipinski definition) is 3. The molecular formula is C16H22N2O3. The summed E-state index contributed by atoms with van der Waals surface area (Å²) in [6.07, 6.45) is 5.03. The van der Waals surface area contributed by atoms with E-state index in [1.54, 1.807) is 0 Å². The fourth-order valence-electron chi connectivity index (χ4n) is 3.73. The minimum Gasteiger partial charge on any atom is -0.352 e. The third kappa shape index (κ3) is 2.19. The number of imide groups is 1. The van der Waals surface area contributed by atoms with Crippen molar-refractivity contribution in [1.82, 2.24) is 10.2 Å². The zero-order valence-electron chi connectivity index (χ0n) is 12.7. The lowest BCUT2D eigenvalue weighted by molar-refractivity contribution is -0.144. The van der Waals surface area contributed by atoms with Gasteiger partial charge in [0.2, 0.25) is 17.7 Å². The van der Waals surface area contributed by atoms with E-state index in [0.717, 1.165) is 6.42 Å². The molecule has 0 aromatic rings. The SMILES string of the molecule is CC(C)[C@H](C)NC(=O)CN1C(=O)[C@@H]2[C@H](C1=O)[C@H]1C=C[C@H]2C1. The molecule has 1 saturated carbocycles. The van der Waals surface area contributed by atoms with E-state index in [4.69, 9.17) is 0 Å². The standard InChI is InChI=1S/C16H22N2O3/c1-8(2)9(3)17-12(19)7-18-15(20)13-10-4-5-11(6-10)14(13)16(18)21/h4-5,8-11,13-14H,6-7H2,1-3H3,(H,17,19)/t9-,10-,11-,13-,14+/m0/s1. The summed E-state index contributed by atoms with van der Waals surface area (Å²) in [5, 5.41) is 2.85. The van der Waals surface area contributed by atoms with Crippen LogP contribution in [0.5, 0.6) is 0 Å². The average molecular weight is 290 g/mol. The summed E-state index contributed by atoms with van der Waals surface area (Å²) in [6.45, 7) is 5.83. The Hall–Kier alpha value is -1.65. The molecule has 3 rings (SSSR count). The highest BCUT2D eigenvalue weighted by molar-refractivity contribution is 6.08. The second-order valence-corrected chi connectivity index (χ2v) is 6.86. The topological polar surface area (TPSA) is 66.5 Å². The summed E-state index contributed by atoms with van der Waals surface area (Å²) in [7, 11) is 0. The van der Waals surface area contributed by atoms with Gasteiger partial charge in [0.15, 0.2) is 0 Å². The average Bonchev–Trinajstić information content (AvgIpc) is 3.08. The number of likely N-dealkylation sites (tertiary alicyclic amines) is 1. The monoisotopic (exact) mass is 290 g/mol. The first-order valence-corrected chi connectivity index (χ1v) is 7.73. The highest BCUT2D eigenvalue weighted by Gasteiger charge is 2.59. The Balaban J connectivity index is 1.67. The number of nitrogens with zero attached hydrogens (tertiary/aromatic N) is 1. The molecule has 0 aromatic heterocycles. The van der Waals surface area contributed by atoms with Crippen LogP contribution in [-0.2, 0) is 14.4 Å². The summed E-state index contributed by atoms with van der Waals surface area (Å²) < 4.78 is 0. The molecule has 1 aliphatic heterocycles. The summed E-state index contributed by atoms with van der Waals surface area (Å²) in [5.74, 6) is -0.302. The van der Waals surface area contributed by atoms with Crippen LogP contribution in [0.1, 0.15) is 27.2 Å². The van der Waals surface area contributed by atoms with Crippen LogP contribution in [0.15, 0.2) is 12.2 Å². The summed E-state index contributed by atoms with van der Waals surface area (Å²) in [6, 6.07) is 0.0302. The third-order valence-electron chi connectivity index (χ3n) is 5.25. The van der Waals surface area contributed by atoms with Gasteiger partial charge in [-0.1, -0.05) is 26.0 Å². The first kappa shape index (κ1) is 14.3. The maximum Gasteiger partial charge on any atom is 0.240 e. The number of nitrogens with one attached hydrogen (secondary N) is 1. The van der Waals surface area contributed by atoms with Crippen molar-refractivity contribution in [2.45, 2.75) is 33.2 Å². The Bertz CT molecular complexity index is 496. The van der Waals surface area contributed by atoms with Crippen LogP contribution in [0.3, 0.4) is 0 Å². The first-order valence-electron chi connectivity index (χ1n) is 7.73. The molecule has 2 fully saturated rings. The van der Waals surface area contributed by atoms with Crippen molar-refractivity contribution >= 4 is 17.7 Å². The largest absolute Gasteiger partial charge is 0.352 e. The van der Waals surface area contributed by atoms with E-state index in [2.05, 4.69) is 17.5 Å². The van der Waals surface area contributed by atoms with Crippen LogP contribution < -0.4 is 5.32 Å². The fraction of sp³-hybridized carbons (Fsp3) is 0.688. The predicted molar refractivity (Wildman–Crippen MR) is 76.9 cm³/mol. The summed E-state index contributed by atoms with van der Waals surface area (Å²) >= 11 is 0. The van der Waals surface area contributed by atoms with Gasteiger partial charge < -0.3 is 5.32 Å². The van der Waals surface area contributed by atoms with Gasteiger partial charge in [0.1, 0.15) is 6.54 Å². The molecule has 21 heavy (non-hydrogen) atoms. The van der Waals surface area contributed by atoms with Crippen molar-refractivity contribution in [3.8, 4) is 0 Å². The van der Waals surface area contributed by atoms with Crippen LogP contribution in [0.2, 0.25) is 0 Å². The van der Waals surface area contributed by atoms with Gasteiger partial charge in [-0.15, -0.1) is 0 Å². The molecule has 5 heteroatoms. The molecule has 5 nitrogen and oxygen atoms in total. The van der Waals surface area contributed by atoms with Gasteiger partial charge in [0.05, 0.1) is 11.8 Å².